The van der Waals surface area contributed by atoms with E-state index in [0.29, 0.717) is 19.8 Å². The summed E-state index contributed by atoms with van der Waals surface area (Å²) in [5, 5.41) is 10.6. The first kappa shape index (κ1) is 20.1. The molecule has 5 aromatic rings. The van der Waals surface area contributed by atoms with Gasteiger partial charge in [-0.25, -0.2) is 19.5 Å². The van der Waals surface area contributed by atoms with Crippen LogP contribution in [0.2, 0.25) is 0 Å². The van der Waals surface area contributed by atoms with Gasteiger partial charge in [0.1, 0.15) is 11.3 Å². The van der Waals surface area contributed by atoms with Crippen molar-refractivity contribution >= 4 is 39.7 Å². The molecule has 6 heterocycles. The molecule has 0 spiro atoms. The third-order valence-corrected chi connectivity index (χ3v) is 6.76. The molecule has 0 unspecified atom stereocenters. The van der Waals surface area contributed by atoms with Crippen LogP contribution in [0.1, 0.15) is 16.3 Å². The average Bonchev–Trinajstić information content (AvgIpc) is 3.56. The maximum atomic E-state index is 5.54. The number of thiophene rings is 1. The van der Waals surface area contributed by atoms with Crippen LogP contribution in [0.25, 0.3) is 28.1 Å². The highest BCUT2D eigenvalue weighted by molar-refractivity contribution is 7.10. The number of imidazole rings is 2. The van der Waals surface area contributed by atoms with E-state index in [1.54, 1.807) is 17.5 Å². The van der Waals surface area contributed by atoms with E-state index >= 15 is 0 Å². The number of anilines is 2. The normalized spacial score (nSPS) is 14.4. The molecule has 168 valence electrons. The summed E-state index contributed by atoms with van der Waals surface area (Å²) >= 11 is 1.73. The Morgan fingerprint density at radius 1 is 1.18 bits per heavy atom. The Bertz CT molecular complexity index is 1450. The molecule has 0 bridgehead atoms. The van der Waals surface area contributed by atoms with Crippen molar-refractivity contribution in [2.24, 2.45) is 0 Å². The van der Waals surface area contributed by atoms with Crippen molar-refractivity contribution in [1.82, 2.24) is 29.5 Å². The van der Waals surface area contributed by atoms with Crippen LogP contribution in [0.5, 0.6) is 0 Å². The summed E-state index contributed by atoms with van der Waals surface area (Å²) in [6.07, 6.45) is 3.69. The Morgan fingerprint density at radius 2 is 2.06 bits per heavy atom. The molecule has 2 N–H and O–H groups in total. The molecule has 1 fully saturated rings. The monoisotopic (exact) mass is 460 g/mol. The van der Waals surface area contributed by atoms with Crippen molar-refractivity contribution in [3.8, 4) is 11.3 Å². The van der Waals surface area contributed by atoms with Crippen LogP contribution in [0.4, 0.5) is 11.5 Å². The molecule has 33 heavy (non-hydrogen) atoms. The molecule has 9 nitrogen and oxygen atoms in total. The van der Waals surface area contributed by atoms with Gasteiger partial charge in [-0.2, -0.15) is 0 Å². The minimum atomic E-state index is 0.526. The maximum Gasteiger partial charge on any atom is 0.177 e. The highest BCUT2D eigenvalue weighted by atomic mass is 32.1. The summed E-state index contributed by atoms with van der Waals surface area (Å²) < 4.78 is 7.49. The minimum Gasteiger partial charge on any atom is -0.378 e. The Hall–Kier alpha value is -3.50. The Morgan fingerprint density at radius 3 is 2.85 bits per heavy atom. The lowest BCUT2D eigenvalue weighted by Crippen LogP contribution is -2.37. The van der Waals surface area contributed by atoms with Crippen molar-refractivity contribution in [3.63, 3.8) is 0 Å². The van der Waals surface area contributed by atoms with E-state index in [1.807, 2.05) is 23.7 Å². The summed E-state index contributed by atoms with van der Waals surface area (Å²) in [6, 6.07) is 6.22. The van der Waals surface area contributed by atoms with E-state index < -0.39 is 0 Å². The maximum absolute atomic E-state index is 5.54. The second kappa shape index (κ2) is 8.13. The molecule has 0 radical (unpaired) electrons. The van der Waals surface area contributed by atoms with E-state index in [0.717, 1.165) is 64.1 Å². The number of ether oxygens (including phenoxy) is 1. The van der Waals surface area contributed by atoms with Crippen LogP contribution in [-0.2, 0) is 11.3 Å². The predicted molar refractivity (Wildman–Crippen MR) is 130 cm³/mol. The first-order chi connectivity index (χ1) is 16.2. The van der Waals surface area contributed by atoms with Gasteiger partial charge in [-0.3, -0.25) is 0 Å². The van der Waals surface area contributed by atoms with Crippen molar-refractivity contribution in [3.05, 3.63) is 52.2 Å². The molecule has 1 saturated heterocycles. The standard InChI is InChI=1S/C23H24N8OS/c1-14-3-4-24-22-21(14)27-19(28-22)12-25-17-10-20(30-5-7-32-8-6-30)29-31-18(11-26-23(17)31)16-9-15(2)33-13-16/h3-4,9-11,13,25H,5-8,12H2,1-2H3,(H,24,27,28). The Labute approximate surface area is 194 Å². The fourth-order valence-corrected chi connectivity index (χ4v) is 4.85. The van der Waals surface area contributed by atoms with Gasteiger partial charge in [0.15, 0.2) is 17.1 Å². The van der Waals surface area contributed by atoms with Crippen molar-refractivity contribution in [2.75, 3.05) is 36.5 Å². The van der Waals surface area contributed by atoms with E-state index in [4.69, 9.17) is 19.8 Å². The molecule has 6 rings (SSSR count). The van der Waals surface area contributed by atoms with Crippen LogP contribution >= 0.6 is 11.3 Å². The molecule has 5 aromatic heterocycles. The molecular formula is C23H24N8OS. The quantitative estimate of drug-likeness (QED) is 0.412. The molecule has 10 heteroatoms. The molecule has 1 aliphatic rings. The lowest BCUT2D eigenvalue weighted by Gasteiger charge is -2.28. The third kappa shape index (κ3) is 3.70. The second-order valence-corrected chi connectivity index (χ2v) is 9.32. The Kier molecular flexibility index (Phi) is 4.96. The predicted octanol–water partition coefficient (Wildman–Crippen LogP) is 3.79. The Balaban J connectivity index is 1.39. The van der Waals surface area contributed by atoms with Crippen LogP contribution in [0.15, 0.2) is 36.0 Å². The highest BCUT2D eigenvalue weighted by Gasteiger charge is 2.19. The number of nitrogens with zero attached hydrogens (tertiary/aromatic N) is 6. The van der Waals surface area contributed by atoms with Gasteiger partial charge in [-0.05, 0) is 31.5 Å². The number of nitrogens with one attached hydrogen (secondary N) is 2. The number of hydrogen-bond acceptors (Lipinski definition) is 8. The molecular weight excluding hydrogens is 436 g/mol. The first-order valence-electron chi connectivity index (χ1n) is 11.0. The number of aromatic nitrogens is 6. The van der Waals surface area contributed by atoms with E-state index in [2.05, 4.69) is 44.6 Å². The first-order valence-corrected chi connectivity index (χ1v) is 11.8. The van der Waals surface area contributed by atoms with Gasteiger partial charge in [0, 0.05) is 41.2 Å². The van der Waals surface area contributed by atoms with E-state index in [9.17, 15) is 0 Å². The molecule has 0 aromatic carbocycles. The number of H-pyrrole nitrogens is 1. The molecule has 1 aliphatic heterocycles. The summed E-state index contributed by atoms with van der Waals surface area (Å²) in [6.45, 7) is 7.71. The van der Waals surface area contributed by atoms with Gasteiger partial charge in [0.05, 0.1) is 37.3 Å². The van der Waals surface area contributed by atoms with Gasteiger partial charge < -0.3 is 19.9 Å². The van der Waals surface area contributed by atoms with E-state index in [-0.39, 0.29) is 0 Å². The van der Waals surface area contributed by atoms with Crippen molar-refractivity contribution in [1.29, 1.82) is 0 Å². The minimum absolute atomic E-state index is 0.526. The highest BCUT2D eigenvalue weighted by Crippen LogP contribution is 2.30. The fraction of sp³-hybridized carbons (Fsp3) is 0.304. The third-order valence-electron chi connectivity index (χ3n) is 5.90. The van der Waals surface area contributed by atoms with E-state index in [1.165, 1.54) is 4.88 Å². The molecule has 0 saturated carbocycles. The number of aryl methyl sites for hydroxylation is 2. The van der Waals surface area contributed by atoms with Crippen molar-refractivity contribution in [2.45, 2.75) is 20.4 Å². The van der Waals surface area contributed by atoms with Crippen molar-refractivity contribution < 1.29 is 4.74 Å². The zero-order chi connectivity index (χ0) is 22.4. The zero-order valence-electron chi connectivity index (χ0n) is 18.5. The van der Waals surface area contributed by atoms with Gasteiger partial charge in [0.2, 0.25) is 0 Å². The van der Waals surface area contributed by atoms with Crippen LogP contribution in [-0.4, -0.2) is 55.9 Å². The SMILES string of the molecule is Cc1cc(-c2cnc3c(NCc4nc5c(C)ccnc5[nH]4)cc(N4CCOCC4)nn23)cs1. The zero-order valence-corrected chi connectivity index (χ0v) is 19.3. The largest absolute Gasteiger partial charge is 0.378 e. The lowest BCUT2D eigenvalue weighted by atomic mass is 10.2. The van der Waals surface area contributed by atoms with Gasteiger partial charge in [0.25, 0.3) is 0 Å². The molecule has 0 atom stereocenters. The summed E-state index contributed by atoms with van der Waals surface area (Å²) in [5.41, 5.74) is 6.62. The fourth-order valence-electron chi connectivity index (χ4n) is 4.15. The smallest absolute Gasteiger partial charge is 0.177 e. The number of pyridine rings is 1. The van der Waals surface area contributed by atoms with Crippen LogP contribution in [0, 0.1) is 13.8 Å². The number of aromatic amines is 1. The summed E-state index contributed by atoms with van der Waals surface area (Å²) in [7, 11) is 0. The van der Waals surface area contributed by atoms with Crippen LogP contribution < -0.4 is 10.2 Å². The summed E-state index contributed by atoms with van der Waals surface area (Å²) in [5.74, 6) is 1.73. The van der Waals surface area contributed by atoms with Crippen LogP contribution in [0.3, 0.4) is 0 Å². The average molecular weight is 461 g/mol. The number of fused-ring (bicyclic) bond motifs is 2. The molecule has 0 aliphatic carbocycles. The van der Waals surface area contributed by atoms with Gasteiger partial charge in [-0.15, -0.1) is 16.4 Å². The van der Waals surface area contributed by atoms with Gasteiger partial charge in [-0.1, -0.05) is 0 Å². The number of rotatable bonds is 5. The summed E-state index contributed by atoms with van der Waals surface area (Å²) in [4.78, 5) is 20.7. The number of morpholine rings is 1. The number of hydrogen-bond donors (Lipinski definition) is 2. The second-order valence-electron chi connectivity index (χ2n) is 8.20. The lowest BCUT2D eigenvalue weighted by molar-refractivity contribution is 0.122. The topological polar surface area (TPSA) is 96.3 Å². The molecule has 0 amide bonds. The van der Waals surface area contributed by atoms with Gasteiger partial charge >= 0.3 is 0 Å².